The first-order chi connectivity index (χ1) is 9.75. The molecule has 1 aromatic rings. The Morgan fingerprint density at radius 1 is 1.29 bits per heavy atom. The number of carbonyl (C=O) groups is 1. The van der Waals surface area contributed by atoms with Gasteiger partial charge in [0.2, 0.25) is 15.9 Å². The fraction of sp³-hybridized carbons (Fsp3) is 0.308. The molecule has 3 N–H and O–H groups in total. The molecule has 5 nitrogen and oxygen atoms in total. The van der Waals surface area contributed by atoms with Gasteiger partial charge in [0.15, 0.2) is 0 Å². The van der Waals surface area contributed by atoms with Crippen molar-refractivity contribution < 1.29 is 13.2 Å². The van der Waals surface area contributed by atoms with Crippen LogP contribution in [0.4, 0.5) is 5.69 Å². The molecule has 1 amide bonds. The summed E-state index contributed by atoms with van der Waals surface area (Å²) in [5.74, 6) is 2.21. The number of hydrogen-bond acceptors (Lipinski definition) is 3. The molecule has 0 aliphatic rings. The number of amides is 1. The predicted octanol–water partition coefficient (Wildman–Crippen LogP) is 2.77. The van der Waals surface area contributed by atoms with E-state index in [0.717, 1.165) is 18.6 Å². The number of anilines is 1. The largest absolute Gasteiger partial charge is 0.324 e. The fourth-order valence-electron chi connectivity index (χ4n) is 1.55. The molecule has 0 radical (unpaired) electrons. The van der Waals surface area contributed by atoms with Crippen molar-refractivity contribution in [2.24, 2.45) is 5.14 Å². The highest BCUT2D eigenvalue weighted by molar-refractivity contribution is 7.89. The molecule has 0 spiro atoms. The molecule has 114 valence electrons. The van der Waals surface area contributed by atoms with Gasteiger partial charge >= 0.3 is 0 Å². The second-order valence-electron chi connectivity index (χ2n) is 4.27. The molecule has 21 heavy (non-hydrogen) atoms. The number of hydrogen-bond donors (Lipinski definition) is 2. The Bertz CT molecular complexity index is 658. The predicted molar refractivity (Wildman–Crippen MR) is 83.8 cm³/mol. The van der Waals surface area contributed by atoms with Gasteiger partial charge in [-0.05, 0) is 25.0 Å². The van der Waals surface area contributed by atoms with E-state index in [1.54, 1.807) is 0 Å². The SMILES string of the molecule is C#CCCCCC(=O)Nc1c(Cl)cc(S(N)(=O)=O)cc1Cl. The Balaban J connectivity index is 2.81. The molecule has 0 unspecified atom stereocenters. The molecule has 0 heterocycles. The minimum atomic E-state index is -3.91. The van der Waals surface area contributed by atoms with Gasteiger partial charge in [0.05, 0.1) is 20.6 Å². The Kier molecular flexibility index (Phi) is 6.49. The lowest BCUT2D eigenvalue weighted by molar-refractivity contribution is -0.116. The molecule has 0 saturated heterocycles. The molecule has 0 saturated carbocycles. The van der Waals surface area contributed by atoms with E-state index in [0.29, 0.717) is 12.8 Å². The molecule has 0 fully saturated rings. The average Bonchev–Trinajstić information content (AvgIpc) is 2.37. The van der Waals surface area contributed by atoms with Crippen molar-refractivity contribution in [2.45, 2.75) is 30.6 Å². The first-order valence-corrected chi connectivity index (χ1v) is 8.31. The summed E-state index contributed by atoms with van der Waals surface area (Å²) in [5, 5.41) is 7.54. The zero-order valence-electron chi connectivity index (χ0n) is 11.0. The van der Waals surface area contributed by atoms with Crippen molar-refractivity contribution in [3.8, 4) is 12.3 Å². The molecule has 8 heteroatoms. The Morgan fingerprint density at radius 3 is 2.33 bits per heavy atom. The number of halogens is 2. The standard InChI is InChI=1S/C13H14Cl2N2O3S/c1-2-3-4-5-6-12(18)17-13-10(14)7-9(8-11(13)15)21(16,19)20/h1,7-8H,3-6H2,(H,17,18)(H2,16,19,20). The highest BCUT2D eigenvalue weighted by atomic mass is 35.5. The van der Waals surface area contributed by atoms with Crippen LogP contribution in [0.15, 0.2) is 17.0 Å². The highest BCUT2D eigenvalue weighted by Gasteiger charge is 2.16. The van der Waals surface area contributed by atoms with Gasteiger partial charge in [0, 0.05) is 12.8 Å². The Hall–Kier alpha value is -1.26. The minimum absolute atomic E-state index is 0.00324. The normalized spacial score (nSPS) is 11.0. The highest BCUT2D eigenvalue weighted by Crippen LogP contribution is 2.33. The number of carbonyl (C=O) groups excluding carboxylic acids is 1. The zero-order valence-corrected chi connectivity index (χ0v) is 13.4. The maximum atomic E-state index is 11.7. The number of benzene rings is 1. The van der Waals surface area contributed by atoms with Crippen molar-refractivity contribution in [1.29, 1.82) is 0 Å². The lowest BCUT2D eigenvalue weighted by Crippen LogP contribution is -2.14. The molecule has 0 aliphatic heterocycles. The second kappa shape index (κ2) is 7.66. The van der Waals surface area contributed by atoms with Gasteiger partial charge in [-0.2, -0.15) is 0 Å². The Morgan fingerprint density at radius 2 is 1.86 bits per heavy atom. The van der Waals surface area contributed by atoms with Gasteiger partial charge in [-0.3, -0.25) is 4.79 Å². The number of unbranched alkanes of at least 4 members (excludes halogenated alkanes) is 2. The molecule has 0 aliphatic carbocycles. The monoisotopic (exact) mass is 348 g/mol. The summed E-state index contributed by atoms with van der Waals surface area (Å²) in [6.07, 6.45) is 7.38. The van der Waals surface area contributed by atoms with Gasteiger partial charge < -0.3 is 5.32 Å². The number of rotatable bonds is 6. The van der Waals surface area contributed by atoms with E-state index in [2.05, 4.69) is 11.2 Å². The second-order valence-corrected chi connectivity index (χ2v) is 6.64. The van der Waals surface area contributed by atoms with E-state index >= 15 is 0 Å². The van der Waals surface area contributed by atoms with Crippen molar-refractivity contribution in [2.75, 3.05) is 5.32 Å². The lowest BCUT2D eigenvalue weighted by atomic mass is 10.2. The maximum Gasteiger partial charge on any atom is 0.238 e. The topological polar surface area (TPSA) is 89.3 Å². The van der Waals surface area contributed by atoms with Crippen LogP contribution in [0.25, 0.3) is 0 Å². The van der Waals surface area contributed by atoms with Gasteiger partial charge in [0.1, 0.15) is 0 Å². The van der Waals surface area contributed by atoms with Crippen LogP contribution in [0, 0.1) is 12.3 Å². The summed E-state index contributed by atoms with van der Waals surface area (Å²) in [6.45, 7) is 0. The number of nitrogens with one attached hydrogen (secondary N) is 1. The van der Waals surface area contributed by atoms with Gasteiger partial charge in [-0.1, -0.05) is 23.2 Å². The molecule has 0 atom stereocenters. The van der Waals surface area contributed by atoms with Crippen LogP contribution >= 0.6 is 23.2 Å². The average molecular weight is 349 g/mol. The summed E-state index contributed by atoms with van der Waals surface area (Å²) in [5.41, 5.74) is 0.160. The molecular weight excluding hydrogens is 335 g/mol. The van der Waals surface area contributed by atoms with E-state index in [1.807, 2.05) is 0 Å². The van der Waals surface area contributed by atoms with E-state index in [1.165, 1.54) is 0 Å². The summed E-state index contributed by atoms with van der Waals surface area (Å²) >= 11 is 11.8. The molecule has 0 aromatic heterocycles. The summed E-state index contributed by atoms with van der Waals surface area (Å²) in [4.78, 5) is 11.5. The maximum absolute atomic E-state index is 11.7. The van der Waals surface area contributed by atoms with Gasteiger partial charge in [-0.25, -0.2) is 13.6 Å². The first kappa shape index (κ1) is 17.8. The van der Waals surface area contributed by atoms with Crippen LogP contribution in [-0.2, 0) is 14.8 Å². The van der Waals surface area contributed by atoms with Crippen LogP contribution in [0.3, 0.4) is 0 Å². The van der Waals surface area contributed by atoms with Crippen molar-refractivity contribution in [3.05, 3.63) is 22.2 Å². The fourth-order valence-corrected chi connectivity index (χ4v) is 2.82. The minimum Gasteiger partial charge on any atom is -0.324 e. The molecule has 0 bridgehead atoms. The lowest BCUT2D eigenvalue weighted by Gasteiger charge is -2.10. The van der Waals surface area contributed by atoms with E-state index < -0.39 is 10.0 Å². The van der Waals surface area contributed by atoms with Crippen molar-refractivity contribution in [3.63, 3.8) is 0 Å². The smallest absolute Gasteiger partial charge is 0.238 e. The Labute approximate surface area is 133 Å². The first-order valence-electron chi connectivity index (χ1n) is 6.01. The number of nitrogens with two attached hydrogens (primary N) is 1. The van der Waals surface area contributed by atoms with Crippen LogP contribution in [0.5, 0.6) is 0 Å². The van der Waals surface area contributed by atoms with Crippen LogP contribution < -0.4 is 10.5 Å². The molecule has 1 aromatic carbocycles. The summed E-state index contributed by atoms with van der Waals surface area (Å²) < 4.78 is 22.5. The summed E-state index contributed by atoms with van der Waals surface area (Å²) in [7, 11) is -3.91. The molecular formula is C13H14Cl2N2O3S. The van der Waals surface area contributed by atoms with Crippen LogP contribution in [0.2, 0.25) is 10.0 Å². The van der Waals surface area contributed by atoms with E-state index in [9.17, 15) is 13.2 Å². The van der Waals surface area contributed by atoms with E-state index in [4.69, 9.17) is 34.8 Å². The van der Waals surface area contributed by atoms with Gasteiger partial charge in [-0.15, -0.1) is 12.3 Å². The quantitative estimate of drug-likeness (QED) is 0.611. The third kappa shape index (κ3) is 5.56. The van der Waals surface area contributed by atoms with Crippen LogP contribution in [0.1, 0.15) is 25.7 Å². The van der Waals surface area contributed by atoms with Crippen molar-refractivity contribution in [1.82, 2.24) is 0 Å². The molecule has 1 rings (SSSR count). The van der Waals surface area contributed by atoms with Crippen LogP contribution in [-0.4, -0.2) is 14.3 Å². The third-order valence-corrected chi connectivity index (χ3v) is 4.07. The van der Waals surface area contributed by atoms with E-state index in [-0.39, 0.29) is 33.0 Å². The van der Waals surface area contributed by atoms with Gasteiger partial charge in [0.25, 0.3) is 0 Å². The summed E-state index contributed by atoms with van der Waals surface area (Å²) in [6, 6.07) is 2.27. The number of sulfonamides is 1. The van der Waals surface area contributed by atoms with Crippen molar-refractivity contribution >= 4 is 44.8 Å². The zero-order chi connectivity index (χ0) is 16.0. The number of terminal acetylenes is 1. The third-order valence-electron chi connectivity index (χ3n) is 2.58. The number of primary sulfonamides is 1.